The minimum atomic E-state index is -1.83. The highest BCUT2D eigenvalue weighted by Crippen LogP contribution is 2.49. The largest absolute Gasteiger partial charge is 0.503 e. The molecule has 2 aromatic heterocycles. The number of nitrogens with two attached hydrogens (primary N) is 1. The zero-order valence-electron chi connectivity index (χ0n) is 12.5. The summed E-state index contributed by atoms with van der Waals surface area (Å²) in [4.78, 5) is 17.0. The van der Waals surface area contributed by atoms with Crippen LogP contribution in [0.1, 0.15) is 30.9 Å². The van der Waals surface area contributed by atoms with Crippen LogP contribution >= 0.6 is 0 Å². The van der Waals surface area contributed by atoms with Crippen LogP contribution in [0.5, 0.6) is 0 Å². The predicted octanol–water partition coefficient (Wildman–Crippen LogP) is 2.47. The van der Waals surface area contributed by atoms with Gasteiger partial charge >= 0.3 is 6.16 Å². The van der Waals surface area contributed by atoms with E-state index in [4.69, 9.17) is 20.7 Å². The molecule has 2 atom stereocenters. The second-order valence-corrected chi connectivity index (χ2v) is 5.36. The molecule has 23 heavy (non-hydrogen) atoms. The summed E-state index contributed by atoms with van der Waals surface area (Å²) >= 11 is 0. The molecule has 1 fully saturated rings. The number of hydrogen-bond donors (Lipinski definition) is 3. The van der Waals surface area contributed by atoms with Crippen molar-refractivity contribution in [3.63, 3.8) is 0 Å². The molecule has 3 rings (SSSR count). The van der Waals surface area contributed by atoms with Crippen LogP contribution in [0.2, 0.25) is 0 Å². The lowest BCUT2D eigenvalue weighted by Gasteiger charge is -1.99. The quantitative estimate of drug-likeness (QED) is 0.779. The minimum absolute atomic E-state index is 0.326. The van der Waals surface area contributed by atoms with Crippen LogP contribution in [0, 0.1) is 11.7 Å². The number of rotatable bonds is 5. The van der Waals surface area contributed by atoms with E-state index < -0.39 is 6.16 Å². The van der Waals surface area contributed by atoms with E-state index in [-0.39, 0.29) is 5.82 Å². The van der Waals surface area contributed by atoms with Gasteiger partial charge in [-0.15, -0.1) is 0 Å². The molecule has 0 aliphatic heterocycles. The van der Waals surface area contributed by atoms with Gasteiger partial charge in [-0.3, -0.25) is 4.57 Å². The molecule has 8 heteroatoms. The maximum absolute atomic E-state index is 12.8. The number of aromatic nitrogens is 3. The van der Waals surface area contributed by atoms with Crippen molar-refractivity contribution in [3.05, 3.63) is 42.4 Å². The molecule has 124 valence electrons. The van der Waals surface area contributed by atoms with Gasteiger partial charge in [0, 0.05) is 12.1 Å². The molecule has 7 nitrogen and oxygen atoms in total. The Kier molecular flexibility index (Phi) is 5.64. The number of pyridine rings is 1. The Morgan fingerprint density at radius 2 is 2.13 bits per heavy atom. The van der Waals surface area contributed by atoms with Gasteiger partial charge in [-0.25, -0.2) is 19.2 Å². The summed E-state index contributed by atoms with van der Waals surface area (Å²) in [6.07, 6.45) is 6.59. The maximum Gasteiger partial charge on any atom is 0.503 e. The van der Waals surface area contributed by atoms with Gasteiger partial charge in [0.05, 0.1) is 11.9 Å². The lowest BCUT2D eigenvalue weighted by Crippen LogP contribution is -1.98. The van der Waals surface area contributed by atoms with E-state index in [2.05, 4.69) is 9.97 Å². The van der Waals surface area contributed by atoms with Crippen molar-refractivity contribution in [2.45, 2.75) is 25.2 Å². The third kappa shape index (κ3) is 5.03. The summed E-state index contributed by atoms with van der Waals surface area (Å²) < 4.78 is 14.7. The first-order chi connectivity index (χ1) is 11.0. The summed E-state index contributed by atoms with van der Waals surface area (Å²) in [6, 6.07) is 3.06. The van der Waals surface area contributed by atoms with Gasteiger partial charge in [-0.05, 0) is 43.9 Å². The molecule has 1 aliphatic carbocycles. The Balaban J connectivity index is 0.000000433. The summed E-state index contributed by atoms with van der Waals surface area (Å²) in [6.45, 7) is 0.761. The summed E-state index contributed by atoms with van der Waals surface area (Å²) in [5.41, 5.74) is 6.63. The number of imidazole rings is 1. The smallest absolute Gasteiger partial charge is 0.450 e. The third-order valence-corrected chi connectivity index (χ3v) is 3.66. The highest BCUT2D eigenvalue weighted by atomic mass is 19.1. The highest BCUT2D eigenvalue weighted by Gasteiger charge is 2.39. The van der Waals surface area contributed by atoms with Crippen molar-refractivity contribution in [1.82, 2.24) is 14.5 Å². The van der Waals surface area contributed by atoms with Crippen LogP contribution in [0.3, 0.4) is 0 Å². The molecule has 0 saturated heterocycles. The van der Waals surface area contributed by atoms with Gasteiger partial charge in [0.2, 0.25) is 0 Å². The topological polar surface area (TPSA) is 114 Å². The second kappa shape index (κ2) is 7.68. The number of carboxylic acid groups (broad SMARTS) is 2. The average molecular weight is 322 g/mol. The third-order valence-electron chi connectivity index (χ3n) is 3.66. The first-order valence-electron chi connectivity index (χ1n) is 7.29. The summed E-state index contributed by atoms with van der Waals surface area (Å²) in [5, 5.41) is 13.9. The van der Waals surface area contributed by atoms with Crippen molar-refractivity contribution < 1.29 is 19.4 Å². The van der Waals surface area contributed by atoms with E-state index in [1.54, 1.807) is 12.4 Å². The molecule has 0 spiro atoms. The zero-order valence-corrected chi connectivity index (χ0v) is 12.5. The van der Waals surface area contributed by atoms with Crippen LogP contribution in [0.15, 0.2) is 30.9 Å². The zero-order chi connectivity index (χ0) is 16.8. The first-order valence-corrected chi connectivity index (χ1v) is 7.29. The van der Waals surface area contributed by atoms with E-state index in [1.807, 2.05) is 10.8 Å². The monoisotopic (exact) mass is 322 g/mol. The van der Waals surface area contributed by atoms with Gasteiger partial charge < -0.3 is 15.9 Å². The molecule has 1 aliphatic rings. The fourth-order valence-corrected chi connectivity index (χ4v) is 2.48. The molecule has 0 radical (unpaired) electrons. The van der Waals surface area contributed by atoms with Crippen molar-refractivity contribution >= 4 is 6.16 Å². The molecular weight excluding hydrogens is 303 g/mol. The van der Waals surface area contributed by atoms with Crippen LogP contribution in [0.4, 0.5) is 9.18 Å². The molecule has 2 aromatic rings. The van der Waals surface area contributed by atoms with Gasteiger partial charge in [-0.2, -0.15) is 0 Å². The molecule has 2 unspecified atom stereocenters. The number of carbonyl (C=O) groups is 1. The van der Waals surface area contributed by atoms with Crippen molar-refractivity contribution in [3.8, 4) is 5.82 Å². The van der Waals surface area contributed by atoms with E-state index >= 15 is 0 Å². The van der Waals surface area contributed by atoms with E-state index in [0.717, 1.165) is 24.6 Å². The molecule has 0 amide bonds. The fourth-order valence-electron chi connectivity index (χ4n) is 2.48. The Morgan fingerprint density at radius 3 is 2.74 bits per heavy atom. The first kappa shape index (κ1) is 16.9. The highest BCUT2D eigenvalue weighted by molar-refractivity contribution is 5.53. The molecular formula is C15H19FN4O3. The van der Waals surface area contributed by atoms with Crippen LogP contribution in [0.25, 0.3) is 5.82 Å². The van der Waals surface area contributed by atoms with E-state index in [0.29, 0.717) is 11.7 Å². The molecule has 4 N–H and O–H groups in total. The van der Waals surface area contributed by atoms with Crippen LogP contribution in [-0.4, -0.2) is 37.4 Å². The molecule has 0 aromatic carbocycles. The van der Waals surface area contributed by atoms with Crippen molar-refractivity contribution in [2.24, 2.45) is 11.7 Å². The minimum Gasteiger partial charge on any atom is -0.450 e. The Morgan fingerprint density at radius 1 is 1.39 bits per heavy atom. The standard InChI is InChI=1S/C14H17FN4.CH2O3/c15-11-3-4-14(17-7-11)19-8-13(18-9-19)12-6-10(12)2-1-5-16;2-1(3)4/h3-4,7-10,12H,1-2,5-6,16H2;(H2,2,3,4). The average Bonchev–Trinajstić information content (AvgIpc) is 3.11. The number of nitrogens with zero attached hydrogens (tertiary/aromatic N) is 3. The number of hydrogen-bond acceptors (Lipinski definition) is 4. The normalized spacial score (nSPS) is 18.9. The van der Waals surface area contributed by atoms with Gasteiger partial charge in [0.1, 0.15) is 18.0 Å². The second-order valence-electron chi connectivity index (χ2n) is 5.36. The predicted molar refractivity (Wildman–Crippen MR) is 81.1 cm³/mol. The van der Waals surface area contributed by atoms with E-state index in [9.17, 15) is 4.39 Å². The van der Waals surface area contributed by atoms with Crippen molar-refractivity contribution in [1.29, 1.82) is 0 Å². The lowest BCUT2D eigenvalue weighted by molar-refractivity contribution is 0.137. The Hall–Kier alpha value is -2.48. The van der Waals surface area contributed by atoms with Gasteiger partial charge in [0.25, 0.3) is 0 Å². The maximum atomic E-state index is 12.8. The summed E-state index contributed by atoms with van der Waals surface area (Å²) in [7, 11) is 0. The molecule has 2 heterocycles. The lowest BCUT2D eigenvalue weighted by atomic mass is 10.1. The summed E-state index contributed by atoms with van der Waals surface area (Å²) in [5.74, 6) is 1.66. The molecule has 0 bridgehead atoms. The SMILES string of the molecule is NCCCC1CC1c1cn(-c2ccc(F)cn2)cn1.O=C(O)O. The van der Waals surface area contributed by atoms with Crippen molar-refractivity contribution in [2.75, 3.05) is 6.54 Å². The van der Waals surface area contributed by atoms with Crippen LogP contribution in [-0.2, 0) is 0 Å². The van der Waals surface area contributed by atoms with Gasteiger partial charge in [-0.1, -0.05) is 0 Å². The van der Waals surface area contributed by atoms with E-state index in [1.165, 1.54) is 25.1 Å². The fraction of sp³-hybridized carbons (Fsp3) is 0.400. The molecule has 1 saturated carbocycles. The van der Waals surface area contributed by atoms with Gasteiger partial charge in [0.15, 0.2) is 0 Å². The van der Waals surface area contributed by atoms with Crippen LogP contribution < -0.4 is 5.73 Å². The Labute approximate surface area is 132 Å². The number of halogens is 1. The Bertz CT molecular complexity index is 640.